The van der Waals surface area contributed by atoms with Gasteiger partial charge in [-0.1, -0.05) is 0 Å². The number of pyridine rings is 1. The third-order valence-corrected chi connectivity index (χ3v) is 7.12. The molecule has 1 saturated heterocycles. The van der Waals surface area contributed by atoms with E-state index in [2.05, 4.69) is 26.3 Å². The number of nitrogens with zero attached hydrogens (tertiary/aromatic N) is 4. The summed E-state index contributed by atoms with van der Waals surface area (Å²) >= 11 is 0. The second-order valence-corrected chi connectivity index (χ2v) is 9.86. The zero-order chi connectivity index (χ0) is 24.7. The molecule has 0 amide bonds. The molecular weight excluding hydrogens is 449 g/mol. The van der Waals surface area contributed by atoms with E-state index in [0.29, 0.717) is 49.3 Å². The molecule has 1 aliphatic carbocycles. The highest BCUT2D eigenvalue weighted by molar-refractivity contribution is 5.59. The van der Waals surface area contributed by atoms with E-state index in [1.165, 1.54) is 18.6 Å². The van der Waals surface area contributed by atoms with Gasteiger partial charge in [0.2, 0.25) is 5.88 Å². The molecule has 8 nitrogen and oxygen atoms in total. The van der Waals surface area contributed by atoms with Crippen molar-refractivity contribution in [3.05, 3.63) is 36.2 Å². The quantitative estimate of drug-likeness (QED) is 0.558. The third-order valence-electron chi connectivity index (χ3n) is 7.12. The third kappa shape index (κ3) is 6.72. The van der Waals surface area contributed by atoms with Crippen molar-refractivity contribution in [3.63, 3.8) is 0 Å². The Balaban J connectivity index is 1.39. The summed E-state index contributed by atoms with van der Waals surface area (Å²) in [7, 11) is 0. The molecule has 4 rings (SSSR count). The van der Waals surface area contributed by atoms with Crippen LogP contribution in [0.15, 0.2) is 24.7 Å². The molecule has 0 aromatic carbocycles. The summed E-state index contributed by atoms with van der Waals surface area (Å²) in [4.78, 5) is 13.0. The van der Waals surface area contributed by atoms with Crippen LogP contribution in [0.1, 0.15) is 51.1 Å². The summed E-state index contributed by atoms with van der Waals surface area (Å²) in [6.07, 6.45) is 10.5. The summed E-state index contributed by atoms with van der Waals surface area (Å²) in [5, 5.41) is 22.3. The van der Waals surface area contributed by atoms with E-state index in [0.717, 1.165) is 37.8 Å². The molecule has 0 unspecified atom stereocenters. The number of hydrogen-bond donors (Lipinski definition) is 2. The van der Waals surface area contributed by atoms with Crippen molar-refractivity contribution in [2.75, 3.05) is 26.4 Å². The Hall–Kier alpha value is -2.67. The van der Waals surface area contributed by atoms with Gasteiger partial charge in [-0.25, -0.2) is 9.37 Å². The summed E-state index contributed by atoms with van der Waals surface area (Å²) in [6, 6.07) is 4.67. The maximum atomic E-state index is 14.7. The zero-order valence-electron chi connectivity index (χ0n) is 20.3. The van der Waals surface area contributed by atoms with Crippen LogP contribution in [-0.2, 0) is 11.2 Å². The number of halogens is 1. The van der Waals surface area contributed by atoms with Gasteiger partial charge in [-0.05, 0) is 63.9 Å². The van der Waals surface area contributed by atoms with Gasteiger partial charge >= 0.3 is 0 Å². The zero-order valence-corrected chi connectivity index (χ0v) is 20.3. The monoisotopic (exact) mass is 483 g/mol. The van der Waals surface area contributed by atoms with Crippen LogP contribution in [0.25, 0.3) is 11.3 Å². The van der Waals surface area contributed by atoms with Crippen LogP contribution in [0.5, 0.6) is 5.88 Å². The largest absolute Gasteiger partial charge is 0.475 e. The Morgan fingerprint density at radius 3 is 2.74 bits per heavy atom. The standard InChI is InChI=1S/C26H34FN5O3/c1-18(15-33)31-20-4-2-19(3-5-20)10-21-11-22(23(27)12-30-21)24-13-29-14-25(32-24)35-17-26(16-28)6-8-34-9-7-26/h11-14,18-20,31,33H,2-10,15,17H2,1H3/t18-,19?,20?/m1/s1. The molecule has 2 aromatic heterocycles. The lowest BCUT2D eigenvalue weighted by Gasteiger charge is -2.30. The lowest BCUT2D eigenvalue weighted by molar-refractivity contribution is 0.0182. The fourth-order valence-corrected chi connectivity index (χ4v) is 4.88. The fraction of sp³-hybridized carbons (Fsp3) is 0.615. The van der Waals surface area contributed by atoms with Crippen molar-refractivity contribution < 1.29 is 19.0 Å². The average molecular weight is 484 g/mol. The molecule has 0 radical (unpaired) electrons. The molecule has 1 aliphatic heterocycles. The van der Waals surface area contributed by atoms with Gasteiger partial charge in [-0.3, -0.25) is 9.97 Å². The highest BCUT2D eigenvalue weighted by Gasteiger charge is 2.34. The van der Waals surface area contributed by atoms with Crippen molar-refractivity contribution >= 4 is 0 Å². The van der Waals surface area contributed by atoms with Crippen LogP contribution in [0.2, 0.25) is 0 Å². The van der Waals surface area contributed by atoms with E-state index in [1.807, 2.05) is 6.92 Å². The minimum absolute atomic E-state index is 0.112. The summed E-state index contributed by atoms with van der Waals surface area (Å²) in [5.74, 6) is 0.305. The normalized spacial score (nSPS) is 22.8. The van der Waals surface area contributed by atoms with Crippen LogP contribution in [-0.4, -0.2) is 58.6 Å². The first-order valence-corrected chi connectivity index (χ1v) is 12.5. The van der Waals surface area contributed by atoms with Crippen molar-refractivity contribution in [1.82, 2.24) is 20.3 Å². The van der Waals surface area contributed by atoms with Crippen molar-refractivity contribution in [2.24, 2.45) is 11.3 Å². The van der Waals surface area contributed by atoms with Crippen LogP contribution in [0, 0.1) is 28.5 Å². The summed E-state index contributed by atoms with van der Waals surface area (Å²) in [5.41, 5.74) is 0.962. The molecular formula is C26H34FN5O3. The molecule has 2 aliphatic rings. The number of nitrogens with one attached hydrogen (secondary N) is 1. The van der Waals surface area contributed by atoms with Gasteiger partial charge in [0.15, 0.2) is 5.82 Å². The van der Waals surface area contributed by atoms with Gasteiger partial charge in [0.25, 0.3) is 0 Å². The fourth-order valence-electron chi connectivity index (χ4n) is 4.88. The van der Waals surface area contributed by atoms with Crippen molar-refractivity contribution in [1.29, 1.82) is 5.26 Å². The Bertz CT molecular complexity index is 1020. The van der Waals surface area contributed by atoms with Gasteiger partial charge in [0, 0.05) is 36.6 Å². The predicted molar refractivity (Wildman–Crippen MR) is 128 cm³/mol. The highest BCUT2D eigenvalue weighted by atomic mass is 19.1. The van der Waals surface area contributed by atoms with Crippen molar-refractivity contribution in [3.8, 4) is 23.2 Å². The Kier molecular flexibility index (Phi) is 8.60. The Morgan fingerprint density at radius 1 is 1.26 bits per heavy atom. The summed E-state index contributed by atoms with van der Waals surface area (Å²) < 4.78 is 25.9. The number of aliphatic hydroxyl groups excluding tert-OH is 1. The molecule has 35 heavy (non-hydrogen) atoms. The van der Waals surface area contributed by atoms with E-state index in [-0.39, 0.29) is 25.1 Å². The minimum Gasteiger partial charge on any atom is -0.475 e. The molecule has 2 fully saturated rings. The number of aliphatic hydroxyl groups is 1. The molecule has 0 bridgehead atoms. The molecule has 1 saturated carbocycles. The van der Waals surface area contributed by atoms with Crippen LogP contribution in [0.4, 0.5) is 4.39 Å². The summed E-state index contributed by atoms with van der Waals surface area (Å²) in [6.45, 7) is 3.40. The molecule has 2 aromatic rings. The maximum Gasteiger partial charge on any atom is 0.232 e. The van der Waals surface area contributed by atoms with E-state index in [1.54, 1.807) is 6.07 Å². The van der Waals surface area contributed by atoms with Crippen LogP contribution in [0.3, 0.4) is 0 Å². The van der Waals surface area contributed by atoms with Crippen LogP contribution >= 0.6 is 0 Å². The number of nitriles is 1. The highest BCUT2D eigenvalue weighted by Crippen LogP contribution is 2.31. The molecule has 1 atom stereocenters. The molecule has 0 spiro atoms. The maximum absolute atomic E-state index is 14.7. The number of rotatable bonds is 9. The molecule has 2 N–H and O–H groups in total. The average Bonchev–Trinajstić information content (AvgIpc) is 2.90. The second kappa shape index (κ2) is 11.8. The number of ether oxygens (including phenoxy) is 2. The number of aromatic nitrogens is 3. The van der Waals surface area contributed by atoms with Crippen molar-refractivity contribution in [2.45, 2.75) is 64.0 Å². The van der Waals surface area contributed by atoms with Gasteiger partial charge in [-0.15, -0.1) is 0 Å². The Morgan fingerprint density at radius 2 is 2.03 bits per heavy atom. The van der Waals surface area contributed by atoms with Gasteiger partial charge < -0.3 is 19.9 Å². The first kappa shape index (κ1) is 25.4. The van der Waals surface area contributed by atoms with Gasteiger partial charge in [0.05, 0.1) is 42.4 Å². The van der Waals surface area contributed by atoms with Gasteiger partial charge in [0.1, 0.15) is 6.61 Å². The predicted octanol–water partition coefficient (Wildman–Crippen LogP) is 3.45. The minimum atomic E-state index is -0.602. The van der Waals surface area contributed by atoms with E-state index in [9.17, 15) is 14.8 Å². The van der Waals surface area contributed by atoms with E-state index in [4.69, 9.17) is 9.47 Å². The van der Waals surface area contributed by atoms with Gasteiger partial charge in [-0.2, -0.15) is 5.26 Å². The number of hydrogen-bond acceptors (Lipinski definition) is 8. The first-order valence-electron chi connectivity index (χ1n) is 12.5. The first-order chi connectivity index (χ1) is 17.0. The Labute approximate surface area is 205 Å². The topological polar surface area (TPSA) is 113 Å². The lowest BCUT2D eigenvalue weighted by Crippen LogP contribution is -2.40. The van der Waals surface area contributed by atoms with E-state index < -0.39 is 11.2 Å². The SMILES string of the molecule is C[C@H](CO)NC1CCC(Cc2cc(-c3cncc(OCC4(C#N)CCOCC4)n3)c(F)cn2)CC1. The van der Waals surface area contributed by atoms with E-state index >= 15 is 0 Å². The smallest absolute Gasteiger partial charge is 0.232 e. The molecule has 188 valence electrons. The van der Waals surface area contributed by atoms with Crippen LogP contribution < -0.4 is 10.1 Å². The molecule has 9 heteroatoms. The lowest BCUT2D eigenvalue weighted by atomic mass is 9.83. The second-order valence-electron chi connectivity index (χ2n) is 9.86. The molecule has 3 heterocycles.